The van der Waals surface area contributed by atoms with Gasteiger partial charge in [0, 0.05) is 11.3 Å². The van der Waals surface area contributed by atoms with Crippen molar-refractivity contribution in [3.05, 3.63) is 64.7 Å². The number of anilines is 1. The Morgan fingerprint density at radius 1 is 0.841 bits per heavy atom. The molecule has 2 aromatic carbocycles. The Labute approximate surface area is 257 Å². The van der Waals surface area contributed by atoms with Gasteiger partial charge in [0.05, 0.1) is 19.8 Å². The number of ether oxygens (including phenoxy) is 2. The van der Waals surface area contributed by atoms with E-state index in [0.717, 1.165) is 0 Å². The number of rotatable bonds is 11. The van der Waals surface area contributed by atoms with Gasteiger partial charge in [-0.2, -0.15) is 0 Å². The fourth-order valence-corrected chi connectivity index (χ4v) is 3.75. The molecular formula is C32H42N4O8. The van der Waals surface area contributed by atoms with Gasteiger partial charge in [0.25, 0.3) is 0 Å². The maximum absolute atomic E-state index is 12.8. The number of alkyl carbamates (subject to hydrolysis) is 2. The van der Waals surface area contributed by atoms with Crippen LogP contribution in [0.25, 0.3) is 0 Å². The van der Waals surface area contributed by atoms with Crippen molar-refractivity contribution in [2.24, 2.45) is 5.92 Å². The largest absolute Gasteiger partial charge is 0.445 e. The van der Waals surface area contributed by atoms with Crippen molar-refractivity contribution in [2.45, 2.75) is 79.0 Å². The zero-order valence-corrected chi connectivity index (χ0v) is 25.9. The second-order valence-electron chi connectivity index (χ2n) is 11.4. The van der Waals surface area contributed by atoms with Crippen molar-refractivity contribution in [3.63, 3.8) is 0 Å². The van der Waals surface area contributed by atoms with Crippen molar-refractivity contribution < 1.29 is 38.9 Å². The first-order valence-electron chi connectivity index (χ1n) is 14.1. The summed E-state index contributed by atoms with van der Waals surface area (Å²) in [6.07, 6.45) is -1.39. The Morgan fingerprint density at radius 2 is 1.45 bits per heavy atom. The highest BCUT2D eigenvalue weighted by atomic mass is 16.6. The lowest BCUT2D eigenvalue weighted by molar-refractivity contribution is -0.128. The van der Waals surface area contributed by atoms with E-state index in [-0.39, 0.29) is 32.3 Å². The molecule has 0 heterocycles. The van der Waals surface area contributed by atoms with Gasteiger partial charge in [0.1, 0.15) is 24.3 Å². The van der Waals surface area contributed by atoms with E-state index in [1.807, 2.05) is 0 Å². The smallest absolute Gasteiger partial charge is 0.408 e. The van der Waals surface area contributed by atoms with Crippen molar-refractivity contribution in [1.29, 1.82) is 0 Å². The van der Waals surface area contributed by atoms with Crippen molar-refractivity contribution in [3.8, 4) is 11.8 Å². The SMILES string of the molecule is CC(C)[C@H](NC(=O)OC(C)(C)C)C(=O)N[C@@H](C)C(=O)Nc1ccc(COC(=O)NCC#Cc2cc(CO)cc(CO)c2)cc1. The average Bonchev–Trinajstić information content (AvgIpc) is 2.96. The molecule has 0 aliphatic heterocycles. The summed E-state index contributed by atoms with van der Waals surface area (Å²) in [5.41, 5.74) is 2.29. The van der Waals surface area contributed by atoms with Crippen LogP contribution in [0.5, 0.6) is 0 Å². The molecule has 4 amide bonds. The summed E-state index contributed by atoms with van der Waals surface area (Å²) in [7, 11) is 0. The molecule has 2 aromatic rings. The normalized spacial score (nSPS) is 12.2. The van der Waals surface area contributed by atoms with Crippen molar-refractivity contribution >= 4 is 29.7 Å². The molecule has 238 valence electrons. The number of benzene rings is 2. The quantitative estimate of drug-likeness (QED) is 0.211. The lowest BCUT2D eigenvalue weighted by Gasteiger charge is -2.26. The van der Waals surface area contributed by atoms with Crippen LogP contribution in [0.3, 0.4) is 0 Å². The van der Waals surface area contributed by atoms with Crippen LogP contribution in [-0.2, 0) is 38.9 Å². The number of nitrogens with one attached hydrogen (secondary N) is 4. The van der Waals surface area contributed by atoms with Crippen LogP contribution >= 0.6 is 0 Å². The molecule has 6 N–H and O–H groups in total. The molecule has 0 unspecified atom stereocenters. The molecular weight excluding hydrogens is 568 g/mol. The van der Waals surface area contributed by atoms with E-state index in [4.69, 9.17) is 9.47 Å². The highest BCUT2D eigenvalue weighted by molar-refractivity contribution is 5.98. The summed E-state index contributed by atoms with van der Waals surface area (Å²) in [6.45, 7) is 9.89. The Kier molecular flexibility index (Phi) is 13.7. The number of hydrogen-bond acceptors (Lipinski definition) is 8. The van der Waals surface area contributed by atoms with Crippen LogP contribution < -0.4 is 21.3 Å². The number of amides is 4. The molecule has 2 rings (SSSR count). The molecule has 44 heavy (non-hydrogen) atoms. The fraction of sp³-hybridized carbons (Fsp3) is 0.438. The van der Waals surface area contributed by atoms with Gasteiger partial charge in [0.2, 0.25) is 11.8 Å². The number of carbonyl (C=O) groups excluding carboxylic acids is 4. The first-order chi connectivity index (χ1) is 20.7. The molecule has 0 saturated carbocycles. The van der Waals surface area contributed by atoms with Crippen LogP contribution in [0.4, 0.5) is 15.3 Å². The van der Waals surface area contributed by atoms with E-state index in [1.165, 1.54) is 6.92 Å². The Hall–Kier alpha value is -4.60. The Balaban J connectivity index is 1.81. The van der Waals surface area contributed by atoms with Gasteiger partial charge in [0.15, 0.2) is 0 Å². The van der Waals surface area contributed by atoms with Crippen LogP contribution in [-0.4, -0.2) is 58.4 Å². The van der Waals surface area contributed by atoms with Crippen LogP contribution in [0.1, 0.15) is 63.8 Å². The summed E-state index contributed by atoms with van der Waals surface area (Å²) >= 11 is 0. The summed E-state index contributed by atoms with van der Waals surface area (Å²) in [5.74, 6) is 4.43. The molecule has 12 heteroatoms. The van der Waals surface area contributed by atoms with E-state index < -0.39 is 41.7 Å². The number of carbonyl (C=O) groups is 4. The molecule has 2 atom stereocenters. The minimum atomic E-state index is -0.896. The summed E-state index contributed by atoms with van der Waals surface area (Å²) in [6, 6.07) is 9.91. The third-order valence-electron chi connectivity index (χ3n) is 5.94. The molecule has 0 fully saturated rings. The lowest BCUT2D eigenvalue weighted by Crippen LogP contribution is -2.54. The van der Waals surface area contributed by atoms with E-state index in [2.05, 4.69) is 33.1 Å². The third-order valence-corrected chi connectivity index (χ3v) is 5.94. The molecule has 12 nitrogen and oxygen atoms in total. The lowest BCUT2D eigenvalue weighted by atomic mass is 10.0. The first-order valence-corrected chi connectivity index (χ1v) is 14.1. The number of hydrogen-bond donors (Lipinski definition) is 6. The van der Waals surface area contributed by atoms with Crippen molar-refractivity contribution in [1.82, 2.24) is 16.0 Å². The first kappa shape index (κ1) is 35.6. The molecule has 0 saturated heterocycles. The van der Waals surface area contributed by atoms with E-state index in [9.17, 15) is 29.4 Å². The molecule has 0 spiro atoms. The summed E-state index contributed by atoms with van der Waals surface area (Å²) in [5, 5.41) is 29.0. The van der Waals surface area contributed by atoms with Gasteiger partial charge in [-0.25, -0.2) is 9.59 Å². The Bertz CT molecular complexity index is 1330. The van der Waals surface area contributed by atoms with Crippen LogP contribution in [0, 0.1) is 17.8 Å². The molecule has 0 aromatic heterocycles. The Morgan fingerprint density at radius 3 is 2.00 bits per heavy atom. The maximum Gasteiger partial charge on any atom is 0.408 e. The number of aliphatic hydroxyl groups excluding tert-OH is 2. The van der Waals surface area contributed by atoms with Gasteiger partial charge in [-0.15, -0.1) is 0 Å². The van der Waals surface area contributed by atoms with Gasteiger partial charge in [-0.05, 0) is 74.6 Å². The molecule has 0 aliphatic carbocycles. The van der Waals surface area contributed by atoms with Crippen LogP contribution in [0.15, 0.2) is 42.5 Å². The van der Waals surface area contributed by atoms with E-state index >= 15 is 0 Å². The molecule has 0 aliphatic rings. The predicted octanol–water partition coefficient (Wildman–Crippen LogP) is 2.94. The summed E-state index contributed by atoms with van der Waals surface area (Å²) in [4.78, 5) is 49.6. The van der Waals surface area contributed by atoms with Gasteiger partial charge in [-0.1, -0.05) is 43.9 Å². The van der Waals surface area contributed by atoms with Crippen LogP contribution in [0.2, 0.25) is 0 Å². The highest BCUT2D eigenvalue weighted by Crippen LogP contribution is 2.13. The van der Waals surface area contributed by atoms with Gasteiger partial charge in [-0.3, -0.25) is 9.59 Å². The second kappa shape index (κ2) is 16.9. The minimum absolute atomic E-state index is 0.0143. The van der Waals surface area contributed by atoms with Gasteiger partial charge >= 0.3 is 12.2 Å². The highest BCUT2D eigenvalue weighted by Gasteiger charge is 2.29. The zero-order chi connectivity index (χ0) is 32.9. The average molecular weight is 611 g/mol. The maximum atomic E-state index is 12.8. The summed E-state index contributed by atoms with van der Waals surface area (Å²) < 4.78 is 10.4. The van der Waals surface area contributed by atoms with E-state index in [1.54, 1.807) is 77.1 Å². The molecule has 0 radical (unpaired) electrons. The third kappa shape index (κ3) is 12.7. The minimum Gasteiger partial charge on any atom is -0.445 e. The van der Waals surface area contributed by atoms with Gasteiger partial charge < -0.3 is 41.0 Å². The topological polar surface area (TPSA) is 175 Å². The number of aliphatic hydroxyl groups is 2. The second-order valence-corrected chi connectivity index (χ2v) is 11.4. The monoisotopic (exact) mass is 610 g/mol. The van der Waals surface area contributed by atoms with E-state index in [0.29, 0.717) is 27.9 Å². The standard InChI is InChI=1S/C32H42N4O8/c1-20(2)27(36-31(42)44-32(4,5)6)29(40)34-21(3)28(39)35-26-11-9-22(10-12-26)19-43-30(41)33-13-7-8-23-14-24(17-37)16-25(15-23)18-38/h9-12,14-16,20-21,27,37-38H,13,17-19H2,1-6H3,(H,33,41)(H,34,40)(H,35,39)(H,36,42)/t21-,27-/m0/s1. The fourth-order valence-electron chi connectivity index (χ4n) is 3.75. The molecule has 0 bridgehead atoms. The predicted molar refractivity (Wildman–Crippen MR) is 164 cm³/mol. The van der Waals surface area contributed by atoms with Crippen molar-refractivity contribution in [2.75, 3.05) is 11.9 Å². The zero-order valence-electron chi connectivity index (χ0n) is 25.9.